The van der Waals surface area contributed by atoms with Crippen LogP contribution in [-0.2, 0) is 0 Å². The zero-order chi connectivity index (χ0) is 13.3. The van der Waals surface area contributed by atoms with Gasteiger partial charge in [-0.2, -0.15) is 0 Å². The van der Waals surface area contributed by atoms with Gasteiger partial charge in [0.05, 0.1) is 11.6 Å². The number of rotatable bonds is 3. The van der Waals surface area contributed by atoms with E-state index in [0.717, 1.165) is 26.2 Å². The van der Waals surface area contributed by atoms with Crippen LogP contribution in [0.25, 0.3) is 0 Å². The summed E-state index contributed by atoms with van der Waals surface area (Å²) in [5.74, 6) is 0.768. The summed E-state index contributed by atoms with van der Waals surface area (Å²) >= 11 is 5.15. The number of benzene rings is 1. The Morgan fingerprint density at radius 2 is 2.00 bits per heavy atom. The molecule has 0 bridgehead atoms. The molecule has 0 radical (unpaired) electrons. The van der Waals surface area contributed by atoms with Crippen LogP contribution in [-0.4, -0.2) is 12.2 Å². The van der Waals surface area contributed by atoms with E-state index in [4.69, 9.17) is 4.74 Å². The lowest BCUT2D eigenvalue weighted by Gasteiger charge is -2.12. The van der Waals surface area contributed by atoms with Crippen LogP contribution in [0.5, 0.6) is 5.75 Å². The van der Waals surface area contributed by atoms with E-state index in [1.807, 2.05) is 31.2 Å². The average Bonchev–Trinajstić information content (AvgIpc) is 2.67. The second-order valence-electron chi connectivity index (χ2n) is 4.17. The number of aliphatic hydroxyl groups is 1. The van der Waals surface area contributed by atoms with Crippen molar-refractivity contribution in [2.45, 2.75) is 20.0 Å². The molecule has 1 aromatic carbocycles. The topological polar surface area (TPSA) is 29.5 Å². The second kappa shape index (κ2) is 5.43. The fraction of sp³-hybridized carbons (Fsp3) is 0.286. The van der Waals surface area contributed by atoms with Gasteiger partial charge in [-0.3, -0.25) is 0 Å². The molecule has 1 heterocycles. The van der Waals surface area contributed by atoms with Gasteiger partial charge in [0.25, 0.3) is 0 Å². The van der Waals surface area contributed by atoms with E-state index >= 15 is 0 Å². The van der Waals surface area contributed by atoms with Gasteiger partial charge in [-0.1, -0.05) is 6.07 Å². The largest absolute Gasteiger partial charge is 0.496 e. The quantitative estimate of drug-likeness (QED) is 0.915. The molecule has 2 nitrogen and oxygen atoms in total. The molecule has 1 unspecified atom stereocenters. The molecule has 1 N–H and O–H groups in total. The highest BCUT2D eigenvalue weighted by Gasteiger charge is 2.16. The van der Waals surface area contributed by atoms with Crippen molar-refractivity contribution in [3.63, 3.8) is 0 Å². The minimum atomic E-state index is -0.586. The van der Waals surface area contributed by atoms with Gasteiger partial charge in [-0.15, -0.1) is 11.3 Å². The highest BCUT2D eigenvalue weighted by Crippen LogP contribution is 2.34. The maximum atomic E-state index is 10.4. The van der Waals surface area contributed by atoms with Gasteiger partial charge >= 0.3 is 0 Å². The van der Waals surface area contributed by atoms with Crippen LogP contribution in [0.4, 0.5) is 0 Å². The lowest BCUT2D eigenvalue weighted by atomic mass is 10.0. The molecular formula is C14H15BrO2S. The first kappa shape index (κ1) is 13.6. The fourth-order valence-electron chi connectivity index (χ4n) is 1.95. The zero-order valence-corrected chi connectivity index (χ0v) is 12.9. The van der Waals surface area contributed by atoms with E-state index in [0.29, 0.717) is 0 Å². The second-order valence-corrected chi connectivity index (χ2v) is 6.48. The smallest absolute Gasteiger partial charge is 0.133 e. The predicted octanol–water partition coefficient (Wildman–Crippen LogP) is 4.22. The van der Waals surface area contributed by atoms with Gasteiger partial charge in [0.1, 0.15) is 11.9 Å². The van der Waals surface area contributed by atoms with Crippen LogP contribution in [0, 0.1) is 13.8 Å². The Balaban J connectivity index is 2.37. The summed E-state index contributed by atoms with van der Waals surface area (Å²) in [5.41, 5.74) is 1.85. The number of aryl methyl sites for hydroxylation is 2. The molecule has 1 aromatic heterocycles. The third-order valence-electron chi connectivity index (χ3n) is 2.87. The van der Waals surface area contributed by atoms with E-state index in [1.54, 1.807) is 18.4 Å². The van der Waals surface area contributed by atoms with Gasteiger partial charge < -0.3 is 9.84 Å². The Kier molecular flexibility index (Phi) is 4.10. The number of halogens is 1. The highest BCUT2D eigenvalue weighted by molar-refractivity contribution is 9.10. The summed E-state index contributed by atoms with van der Waals surface area (Å²) in [6.07, 6.45) is -0.586. The Bertz CT molecular complexity index is 563. The van der Waals surface area contributed by atoms with E-state index in [2.05, 4.69) is 22.9 Å². The highest BCUT2D eigenvalue weighted by atomic mass is 79.9. The maximum absolute atomic E-state index is 10.4. The van der Waals surface area contributed by atoms with E-state index in [1.165, 1.54) is 4.88 Å². The minimum absolute atomic E-state index is 0.586. The molecule has 4 heteroatoms. The summed E-state index contributed by atoms with van der Waals surface area (Å²) in [4.78, 5) is 2.38. The Hall–Kier alpha value is -0.840. The Labute approximate surface area is 119 Å². The van der Waals surface area contributed by atoms with Crippen molar-refractivity contribution in [1.29, 1.82) is 0 Å². The number of thiophene rings is 1. The summed E-state index contributed by atoms with van der Waals surface area (Å²) < 4.78 is 6.04. The molecule has 0 aliphatic heterocycles. The molecule has 0 spiro atoms. The number of hydrogen-bond acceptors (Lipinski definition) is 3. The lowest BCUT2D eigenvalue weighted by molar-refractivity contribution is 0.220. The van der Waals surface area contributed by atoms with Crippen LogP contribution in [0.3, 0.4) is 0 Å². The molecule has 0 fully saturated rings. The van der Waals surface area contributed by atoms with Crippen molar-refractivity contribution in [2.24, 2.45) is 0 Å². The molecule has 0 saturated heterocycles. The van der Waals surface area contributed by atoms with Crippen molar-refractivity contribution in [1.82, 2.24) is 0 Å². The van der Waals surface area contributed by atoms with Crippen LogP contribution < -0.4 is 4.74 Å². The first-order chi connectivity index (χ1) is 8.52. The number of aliphatic hydroxyl groups excluding tert-OH is 1. The van der Waals surface area contributed by atoms with E-state index < -0.39 is 6.10 Å². The van der Waals surface area contributed by atoms with Crippen molar-refractivity contribution in [2.75, 3.05) is 7.11 Å². The fourth-order valence-corrected chi connectivity index (χ4v) is 3.47. The van der Waals surface area contributed by atoms with Gasteiger partial charge in [0.15, 0.2) is 0 Å². The molecule has 1 atom stereocenters. The van der Waals surface area contributed by atoms with E-state index in [-0.39, 0.29) is 0 Å². The third-order valence-corrected chi connectivity index (χ3v) is 4.47. The SMILES string of the molecule is COc1ccc(C(O)c2cc(C)sc2C)cc1Br. The lowest BCUT2D eigenvalue weighted by Crippen LogP contribution is -2.00. The standard InChI is InChI=1S/C14H15BrO2S/c1-8-6-11(9(2)18-8)14(16)10-4-5-13(17-3)12(15)7-10/h4-7,14,16H,1-3H3. The molecule has 0 amide bonds. The normalized spacial score (nSPS) is 12.5. The van der Waals surface area contributed by atoms with Crippen LogP contribution in [0.2, 0.25) is 0 Å². The molecule has 18 heavy (non-hydrogen) atoms. The van der Waals surface area contributed by atoms with Crippen molar-refractivity contribution in [3.8, 4) is 5.75 Å². The Morgan fingerprint density at radius 1 is 1.28 bits per heavy atom. The van der Waals surface area contributed by atoms with Gasteiger partial charge in [-0.25, -0.2) is 0 Å². The predicted molar refractivity (Wildman–Crippen MR) is 78.5 cm³/mol. The van der Waals surface area contributed by atoms with E-state index in [9.17, 15) is 5.11 Å². The zero-order valence-electron chi connectivity index (χ0n) is 10.5. The van der Waals surface area contributed by atoms with Crippen molar-refractivity contribution in [3.05, 3.63) is 49.6 Å². The van der Waals surface area contributed by atoms with Crippen LogP contribution in [0.1, 0.15) is 27.0 Å². The van der Waals surface area contributed by atoms with Crippen LogP contribution in [0.15, 0.2) is 28.7 Å². The summed E-state index contributed by atoms with van der Waals surface area (Å²) in [6.45, 7) is 4.09. The first-order valence-electron chi connectivity index (χ1n) is 5.61. The molecule has 0 aliphatic carbocycles. The minimum Gasteiger partial charge on any atom is -0.496 e. The number of hydrogen-bond donors (Lipinski definition) is 1. The van der Waals surface area contributed by atoms with Crippen molar-refractivity contribution < 1.29 is 9.84 Å². The summed E-state index contributed by atoms with van der Waals surface area (Å²) in [5, 5.41) is 10.4. The number of ether oxygens (including phenoxy) is 1. The molecule has 0 aliphatic rings. The maximum Gasteiger partial charge on any atom is 0.133 e. The number of methoxy groups -OCH3 is 1. The van der Waals surface area contributed by atoms with Crippen molar-refractivity contribution >= 4 is 27.3 Å². The monoisotopic (exact) mass is 326 g/mol. The van der Waals surface area contributed by atoms with Gasteiger partial charge in [0, 0.05) is 9.75 Å². The molecular weight excluding hydrogens is 312 g/mol. The summed E-state index contributed by atoms with van der Waals surface area (Å²) in [6, 6.07) is 7.69. The van der Waals surface area contributed by atoms with Gasteiger partial charge in [-0.05, 0) is 59.1 Å². The average molecular weight is 327 g/mol. The third kappa shape index (κ3) is 2.60. The molecule has 96 valence electrons. The summed E-state index contributed by atoms with van der Waals surface area (Å²) in [7, 11) is 1.63. The molecule has 0 saturated carbocycles. The molecule has 2 rings (SSSR count). The Morgan fingerprint density at radius 3 is 2.50 bits per heavy atom. The molecule has 2 aromatic rings. The van der Waals surface area contributed by atoms with Crippen LogP contribution >= 0.6 is 27.3 Å². The van der Waals surface area contributed by atoms with Gasteiger partial charge in [0.2, 0.25) is 0 Å². The first-order valence-corrected chi connectivity index (χ1v) is 7.22.